The number of nitrogens with one attached hydrogen (secondary N) is 1. The third-order valence-corrected chi connectivity index (χ3v) is 2.71. The first kappa shape index (κ1) is 14.1. The first-order valence-corrected chi connectivity index (χ1v) is 5.89. The summed E-state index contributed by atoms with van der Waals surface area (Å²) in [6, 6.07) is 5.68. The van der Waals surface area contributed by atoms with Crippen LogP contribution in [0.2, 0.25) is 0 Å². The van der Waals surface area contributed by atoms with E-state index in [-0.39, 0.29) is 11.9 Å². The van der Waals surface area contributed by atoms with Crippen molar-refractivity contribution in [3.05, 3.63) is 35.6 Å². The molecule has 17 heavy (non-hydrogen) atoms. The molecule has 3 nitrogen and oxygen atoms in total. The van der Waals surface area contributed by atoms with Gasteiger partial charge in [0.25, 0.3) is 0 Å². The van der Waals surface area contributed by atoms with Crippen molar-refractivity contribution < 1.29 is 14.6 Å². The second-order valence-corrected chi connectivity index (χ2v) is 4.27. The lowest BCUT2D eigenvalue weighted by Gasteiger charge is -2.24. The molecule has 0 saturated carbocycles. The minimum Gasteiger partial charge on any atom is -0.392 e. The van der Waals surface area contributed by atoms with Gasteiger partial charge in [-0.3, -0.25) is 0 Å². The zero-order valence-electron chi connectivity index (χ0n) is 10.2. The van der Waals surface area contributed by atoms with Crippen molar-refractivity contribution in [2.24, 2.45) is 0 Å². The normalized spacial score (nSPS) is 16.5. The van der Waals surface area contributed by atoms with Gasteiger partial charge < -0.3 is 15.5 Å². The SMILES string of the molecule is CCC(NCC(C)O)C(O)c1ccc(F)cc1. The summed E-state index contributed by atoms with van der Waals surface area (Å²) in [6.07, 6.45) is -0.422. The van der Waals surface area contributed by atoms with Crippen LogP contribution in [0.3, 0.4) is 0 Å². The summed E-state index contributed by atoms with van der Waals surface area (Å²) in [5.74, 6) is -0.314. The van der Waals surface area contributed by atoms with Crippen molar-refractivity contribution in [3.8, 4) is 0 Å². The van der Waals surface area contributed by atoms with Crippen molar-refractivity contribution in [2.45, 2.75) is 38.5 Å². The van der Waals surface area contributed by atoms with E-state index in [1.165, 1.54) is 12.1 Å². The van der Waals surface area contributed by atoms with Crippen molar-refractivity contribution in [2.75, 3.05) is 6.54 Å². The Bertz CT molecular complexity index is 327. The molecule has 1 rings (SSSR count). The molecule has 0 aliphatic rings. The van der Waals surface area contributed by atoms with E-state index in [0.29, 0.717) is 12.1 Å². The maximum Gasteiger partial charge on any atom is 0.123 e. The minimum absolute atomic E-state index is 0.143. The highest BCUT2D eigenvalue weighted by molar-refractivity contribution is 5.19. The van der Waals surface area contributed by atoms with E-state index in [9.17, 15) is 14.6 Å². The number of rotatable bonds is 6. The summed E-state index contributed by atoms with van der Waals surface area (Å²) in [4.78, 5) is 0. The van der Waals surface area contributed by atoms with Crippen LogP contribution in [0.5, 0.6) is 0 Å². The van der Waals surface area contributed by atoms with Gasteiger partial charge in [-0.1, -0.05) is 19.1 Å². The Labute approximate surface area is 101 Å². The average molecular weight is 241 g/mol. The molecule has 0 heterocycles. The van der Waals surface area contributed by atoms with Gasteiger partial charge >= 0.3 is 0 Å². The molecule has 1 aromatic carbocycles. The second-order valence-electron chi connectivity index (χ2n) is 4.27. The van der Waals surface area contributed by atoms with Crippen LogP contribution in [0, 0.1) is 5.82 Å². The predicted octanol–water partition coefficient (Wildman–Crippen LogP) is 1.61. The van der Waals surface area contributed by atoms with Crippen LogP contribution in [0.25, 0.3) is 0 Å². The summed E-state index contributed by atoms with van der Waals surface area (Å²) >= 11 is 0. The van der Waals surface area contributed by atoms with Gasteiger partial charge in [-0.2, -0.15) is 0 Å². The molecule has 0 aliphatic heterocycles. The number of hydrogen-bond donors (Lipinski definition) is 3. The molecule has 0 fully saturated rings. The zero-order valence-corrected chi connectivity index (χ0v) is 10.2. The van der Waals surface area contributed by atoms with Gasteiger partial charge in [0.05, 0.1) is 12.2 Å². The monoisotopic (exact) mass is 241 g/mol. The molecule has 4 heteroatoms. The number of aliphatic hydroxyl groups is 2. The third-order valence-electron chi connectivity index (χ3n) is 2.71. The molecule has 96 valence electrons. The molecule has 3 unspecified atom stereocenters. The van der Waals surface area contributed by atoms with E-state index >= 15 is 0 Å². The number of halogens is 1. The molecule has 0 aliphatic carbocycles. The standard InChI is InChI=1S/C13H20FNO2/c1-3-12(15-8-9(2)16)13(17)10-4-6-11(14)7-5-10/h4-7,9,12-13,15-17H,3,8H2,1-2H3. The quantitative estimate of drug-likeness (QED) is 0.709. The van der Waals surface area contributed by atoms with Gasteiger partial charge in [0.1, 0.15) is 5.82 Å². The Balaban J connectivity index is 2.64. The van der Waals surface area contributed by atoms with E-state index in [4.69, 9.17) is 0 Å². The van der Waals surface area contributed by atoms with Gasteiger partial charge in [-0.25, -0.2) is 4.39 Å². The Hall–Kier alpha value is -0.970. The average Bonchev–Trinajstić information content (AvgIpc) is 2.30. The summed E-state index contributed by atoms with van der Waals surface area (Å²) in [7, 11) is 0. The molecular formula is C13H20FNO2. The van der Waals surface area contributed by atoms with Crippen LogP contribution in [0.4, 0.5) is 4.39 Å². The fraction of sp³-hybridized carbons (Fsp3) is 0.538. The highest BCUT2D eigenvalue weighted by Crippen LogP contribution is 2.19. The predicted molar refractivity (Wildman–Crippen MR) is 65.1 cm³/mol. The molecule has 0 bridgehead atoms. The molecular weight excluding hydrogens is 221 g/mol. The Morgan fingerprint density at radius 1 is 1.24 bits per heavy atom. The van der Waals surface area contributed by atoms with E-state index in [1.54, 1.807) is 19.1 Å². The summed E-state index contributed by atoms with van der Waals surface area (Å²) in [5.41, 5.74) is 0.677. The van der Waals surface area contributed by atoms with Gasteiger partial charge in [-0.05, 0) is 31.0 Å². The lowest BCUT2D eigenvalue weighted by atomic mass is 10.00. The van der Waals surface area contributed by atoms with Crippen molar-refractivity contribution in [3.63, 3.8) is 0 Å². The van der Waals surface area contributed by atoms with Crippen LogP contribution in [-0.4, -0.2) is 28.9 Å². The van der Waals surface area contributed by atoms with E-state index < -0.39 is 12.2 Å². The molecule has 0 amide bonds. The smallest absolute Gasteiger partial charge is 0.123 e. The minimum atomic E-state index is -0.695. The lowest BCUT2D eigenvalue weighted by Crippen LogP contribution is -2.38. The highest BCUT2D eigenvalue weighted by atomic mass is 19.1. The largest absolute Gasteiger partial charge is 0.392 e. The number of aliphatic hydroxyl groups excluding tert-OH is 2. The summed E-state index contributed by atoms with van der Waals surface area (Å²) in [5, 5.41) is 22.4. The van der Waals surface area contributed by atoms with Gasteiger partial charge in [-0.15, -0.1) is 0 Å². The Kier molecular flexibility index (Phi) is 5.55. The molecule has 0 saturated heterocycles. The molecule has 0 aromatic heterocycles. The molecule has 0 radical (unpaired) electrons. The van der Waals surface area contributed by atoms with Gasteiger partial charge in [0.15, 0.2) is 0 Å². The lowest BCUT2D eigenvalue weighted by molar-refractivity contribution is 0.112. The van der Waals surface area contributed by atoms with Crippen LogP contribution in [0.15, 0.2) is 24.3 Å². The second kappa shape index (κ2) is 6.69. The Morgan fingerprint density at radius 3 is 2.29 bits per heavy atom. The molecule has 3 N–H and O–H groups in total. The van der Waals surface area contributed by atoms with Crippen molar-refractivity contribution >= 4 is 0 Å². The van der Waals surface area contributed by atoms with Crippen molar-refractivity contribution in [1.29, 1.82) is 0 Å². The molecule has 3 atom stereocenters. The third kappa shape index (κ3) is 4.42. The highest BCUT2D eigenvalue weighted by Gasteiger charge is 2.19. The number of benzene rings is 1. The molecule has 1 aromatic rings. The van der Waals surface area contributed by atoms with E-state index in [2.05, 4.69) is 5.32 Å². The fourth-order valence-electron chi connectivity index (χ4n) is 1.69. The first-order chi connectivity index (χ1) is 8.04. The van der Waals surface area contributed by atoms with Crippen LogP contribution >= 0.6 is 0 Å². The maximum atomic E-state index is 12.8. The van der Waals surface area contributed by atoms with Gasteiger partial charge in [0, 0.05) is 12.6 Å². The topological polar surface area (TPSA) is 52.5 Å². The summed E-state index contributed by atoms with van der Waals surface area (Å²) < 4.78 is 12.8. The fourth-order valence-corrected chi connectivity index (χ4v) is 1.69. The molecule has 0 spiro atoms. The first-order valence-electron chi connectivity index (χ1n) is 5.89. The van der Waals surface area contributed by atoms with E-state index in [0.717, 1.165) is 6.42 Å². The van der Waals surface area contributed by atoms with Gasteiger partial charge in [0.2, 0.25) is 0 Å². The zero-order chi connectivity index (χ0) is 12.8. The van der Waals surface area contributed by atoms with Crippen LogP contribution < -0.4 is 5.32 Å². The number of hydrogen-bond acceptors (Lipinski definition) is 3. The van der Waals surface area contributed by atoms with Crippen LogP contribution in [0.1, 0.15) is 31.9 Å². The Morgan fingerprint density at radius 2 is 1.82 bits per heavy atom. The summed E-state index contributed by atoms with van der Waals surface area (Å²) in [6.45, 7) is 4.06. The van der Waals surface area contributed by atoms with Crippen LogP contribution in [-0.2, 0) is 0 Å². The maximum absolute atomic E-state index is 12.8. The van der Waals surface area contributed by atoms with E-state index in [1.807, 2.05) is 6.92 Å². The van der Waals surface area contributed by atoms with Crippen molar-refractivity contribution in [1.82, 2.24) is 5.32 Å².